The van der Waals surface area contributed by atoms with Crippen molar-refractivity contribution in [1.29, 1.82) is 0 Å². The van der Waals surface area contributed by atoms with Crippen LogP contribution in [-0.2, 0) is 14.3 Å². The maximum absolute atomic E-state index is 13.4. The molecule has 3 aromatic carbocycles. The number of nitrogens with zero attached hydrogens (tertiary/aromatic N) is 3. The van der Waals surface area contributed by atoms with E-state index in [1.807, 2.05) is 81.4 Å². The van der Waals surface area contributed by atoms with Gasteiger partial charge in [0, 0.05) is 24.0 Å². The fraction of sp³-hybridized carbons (Fsp3) is 0.258. The van der Waals surface area contributed by atoms with E-state index in [0.29, 0.717) is 24.4 Å². The van der Waals surface area contributed by atoms with Gasteiger partial charge in [0.25, 0.3) is 5.91 Å². The van der Waals surface area contributed by atoms with E-state index < -0.39 is 5.97 Å². The number of carbonyl (C=O) groups is 2. The molecule has 7 nitrogen and oxygen atoms in total. The number of esters is 1. The second-order valence-electron chi connectivity index (χ2n) is 9.12. The lowest BCUT2D eigenvalue weighted by atomic mass is 10.2. The predicted octanol–water partition coefficient (Wildman–Crippen LogP) is 6.62. The van der Waals surface area contributed by atoms with E-state index in [4.69, 9.17) is 9.47 Å². The van der Waals surface area contributed by atoms with Crippen molar-refractivity contribution in [2.75, 3.05) is 18.1 Å². The van der Waals surface area contributed by atoms with Crippen molar-refractivity contribution in [3.63, 3.8) is 0 Å². The first-order chi connectivity index (χ1) is 18.5. The van der Waals surface area contributed by atoms with E-state index in [1.54, 1.807) is 30.3 Å². The number of hydrogen-bond acceptors (Lipinski definition) is 6. The summed E-state index contributed by atoms with van der Waals surface area (Å²) in [5.74, 6) is -0.531. The van der Waals surface area contributed by atoms with Gasteiger partial charge in [-0.05, 0) is 62.7 Å². The quantitative estimate of drug-likeness (QED) is 0.174. The summed E-state index contributed by atoms with van der Waals surface area (Å²) in [5.41, 5.74) is 2.70. The van der Waals surface area contributed by atoms with Crippen LogP contribution in [0.2, 0.25) is 0 Å². The Morgan fingerprint density at radius 3 is 2.18 bits per heavy atom. The number of ether oxygens (including phenoxy) is 2. The predicted molar refractivity (Wildman–Crippen MR) is 150 cm³/mol. The van der Waals surface area contributed by atoms with Crippen LogP contribution < -0.4 is 4.90 Å². The summed E-state index contributed by atoms with van der Waals surface area (Å²) >= 11 is 0. The average molecular weight is 512 g/mol. The van der Waals surface area contributed by atoms with Crippen LogP contribution in [0.5, 0.6) is 0 Å². The number of benzene rings is 3. The molecule has 1 amide bonds. The largest absolute Gasteiger partial charge is 0.462 e. The van der Waals surface area contributed by atoms with Crippen LogP contribution in [-0.4, -0.2) is 42.0 Å². The Morgan fingerprint density at radius 2 is 1.58 bits per heavy atom. The first-order valence-electron chi connectivity index (χ1n) is 12.9. The van der Waals surface area contributed by atoms with Crippen LogP contribution in [0.4, 0.5) is 17.1 Å². The minimum atomic E-state index is -0.448. The summed E-state index contributed by atoms with van der Waals surface area (Å²) in [6, 6.07) is 26.8. The zero-order valence-electron chi connectivity index (χ0n) is 22.0. The molecule has 1 aliphatic rings. The third-order valence-corrected chi connectivity index (χ3v) is 6.02. The smallest absolute Gasteiger partial charge is 0.340 e. The number of hydrogen-bond donors (Lipinski definition) is 0. The van der Waals surface area contributed by atoms with Crippen molar-refractivity contribution < 1.29 is 19.1 Å². The highest BCUT2D eigenvalue weighted by molar-refractivity contribution is 6.10. The second-order valence-corrected chi connectivity index (χ2v) is 9.12. The van der Waals surface area contributed by atoms with Crippen LogP contribution in [0, 0.1) is 0 Å². The molecular weight excluding hydrogens is 478 g/mol. The Bertz CT molecular complexity index is 1260. The fourth-order valence-corrected chi connectivity index (χ4v) is 4.04. The Balaban J connectivity index is 1.63. The maximum atomic E-state index is 13.4. The number of unbranched alkanes of at least 4 members (excludes halogenated alkanes) is 1. The Kier molecular flexibility index (Phi) is 8.93. The molecule has 0 radical (unpaired) electrons. The average Bonchev–Trinajstić information content (AvgIpc) is 3.25. The first kappa shape index (κ1) is 26.7. The van der Waals surface area contributed by atoms with Gasteiger partial charge in [0.1, 0.15) is 0 Å². The van der Waals surface area contributed by atoms with Crippen LogP contribution in [0.3, 0.4) is 0 Å². The molecule has 196 valence electrons. The Morgan fingerprint density at radius 1 is 0.974 bits per heavy atom. The highest BCUT2D eigenvalue weighted by Crippen LogP contribution is 2.28. The van der Waals surface area contributed by atoms with Gasteiger partial charge < -0.3 is 14.4 Å². The monoisotopic (exact) mass is 511 g/mol. The van der Waals surface area contributed by atoms with E-state index in [0.717, 1.165) is 24.2 Å². The Hall–Kier alpha value is -4.39. The van der Waals surface area contributed by atoms with E-state index in [1.165, 1.54) is 4.90 Å². The van der Waals surface area contributed by atoms with Crippen molar-refractivity contribution in [3.8, 4) is 0 Å². The van der Waals surface area contributed by atoms with Gasteiger partial charge in [-0.1, -0.05) is 61.9 Å². The van der Waals surface area contributed by atoms with Gasteiger partial charge in [0.2, 0.25) is 0 Å². The highest BCUT2D eigenvalue weighted by Gasteiger charge is 2.37. The maximum Gasteiger partial charge on any atom is 0.340 e. The number of carbonyl (C=O) groups excluding carboxylic acids is 2. The number of amides is 1. The zero-order chi connectivity index (χ0) is 26.9. The number of aliphatic imine (C=N–C) groups is 1. The van der Waals surface area contributed by atoms with Crippen LogP contribution in [0.1, 0.15) is 44.0 Å². The molecule has 4 rings (SSSR count). The van der Waals surface area contributed by atoms with Gasteiger partial charge >= 0.3 is 12.0 Å². The number of para-hydroxylation sites is 3. The van der Waals surface area contributed by atoms with Crippen LogP contribution in [0.15, 0.2) is 102 Å². The molecule has 0 aliphatic carbocycles. The summed E-state index contributed by atoms with van der Waals surface area (Å²) in [5, 5.41) is 0. The minimum Gasteiger partial charge on any atom is -0.462 e. The van der Waals surface area contributed by atoms with Gasteiger partial charge in [-0.15, -0.1) is 0 Å². The number of rotatable bonds is 10. The van der Waals surface area contributed by atoms with Crippen molar-refractivity contribution in [2.45, 2.75) is 39.7 Å². The molecule has 1 aliphatic heterocycles. The molecule has 0 unspecified atom stereocenters. The summed E-state index contributed by atoms with van der Waals surface area (Å²) < 4.78 is 11.4. The molecule has 3 aromatic rings. The SMILES string of the molecule is CCCCOC(=O)c1ccccc1/N=C1/O/C(=C/CN(c2ccccc2)c2ccccc2)C(=O)N1C(C)C. The summed E-state index contributed by atoms with van der Waals surface area (Å²) in [6.45, 7) is 6.58. The van der Waals surface area contributed by atoms with Crippen molar-refractivity contribution >= 4 is 35.0 Å². The van der Waals surface area contributed by atoms with Gasteiger partial charge in [0.15, 0.2) is 5.76 Å². The normalized spacial score (nSPS) is 15.3. The molecule has 0 spiro atoms. The Labute approximate surface area is 224 Å². The summed E-state index contributed by atoms with van der Waals surface area (Å²) in [6.07, 6.45) is 3.49. The molecule has 0 N–H and O–H groups in total. The topological polar surface area (TPSA) is 71.4 Å². The van der Waals surface area contributed by atoms with E-state index in [9.17, 15) is 9.59 Å². The third kappa shape index (κ3) is 6.29. The molecule has 1 heterocycles. The van der Waals surface area contributed by atoms with Crippen molar-refractivity contribution in [3.05, 3.63) is 102 Å². The summed E-state index contributed by atoms with van der Waals surface area (Å²) in [4.78, 5) is 34.2. The lowest BCUT2D eigenvalue weighted by Gasteiger charge is -2.23. The molecule has 7 heteroatoms. The van der Waals surface area contributed by atoms with Gasteiger partial charge in [-0.25, -0.2) is 4.79 Å². The number of anilines is 2. The molecule has 0 bridgehead atoms. The number of amidine groups is 1. The fourth-order valence-electron chi connectivity index (χ4n) is 4.04. The molecule has 0 atom stereocenters. The molecule has 38 heavy (non-hydrogen) atoms. The molecule has 0 saturated carbocycles. The molecule has 0 aromatic heterocycles. The van der Waals surface area contributed by atoms with E-state index in [-0.39, 0.29) is 23.7 Å². The van der Waals surface area contributed by atoms with Gasteiger partial charge in [-0.2, -0.15) is 4.99 Å². The minimum absolute atomic E-state index is 0.135. The first-order valence-corrected chi connectivity index (χ1v) is 12.9. The van der Waals surface area contributed by atoms with E-state index in [2.05, 4.69) is 9.89 Å². The van der Waals surface area contributed by atoms with Gasteiger partial charge in [-0.3, -0.25) is 9.69 Å². The lowest BCUT2D eigenvalue weighted by Crippen LogP contribution is -2.36. The van der Waals surface area contributed by atoms with Gasteiger partial charge in [0.05, 0.1) is 17.9 Å². The molecular formula is C31H33N3O4. The molecule has 1 saturated heterocycles. The zero-order valence-corrected chi connectivity index (χ0v) is 22.0. The third-order valence-electron chi connectivity index (χ3n) is 6.02. The van der Waals surface area contributed by atoms with Crippen molar-refractivity contribution in [1.82, 2.24) is 4.90 Å². The van der Waals surface area contributed by atoms with E-state index >= 15 is 0 Å². The standard InChI is InChI=1S/C31H33N3O4/c1-4-5-22-37-30(36)26-18-12-13-19-27(26)32-31-34(23(2)3)29(35)28(38-31)20-21-33(24-14-8-6-9-15-24)25-16-10-7-11-17-25/h6-20,23H,4-5,21-22H2,1-3H3/b28-20+,32-31+. The van der Waals surface area contributed by atoms with Crippen LogP contribution in [0.25, 0.3) is 0 Å². The second kappa shape index (κ2) is 12.7. The van der Waals surface area contributed by atoms with Crippen LogP contribution >= 0.6 is 0 Å². The highest BCUT2D eigenvalue weighted by atomic mass is 16.5. The molecule has 1 fully saturated rings. The van der Waals surface area contributed by atoms with Crippen molar-refractivity contribution in [2.24, 2.45) is 4.99 Å². The summed E-state index contributed by atoms with van der Waals surface area (Å²) in [7, 11) is 0. The lowest BCUT2D eigenvalue weighted by molar-refractivity contribution is -0.124.